The first kappa shape index (κ1) is 16.5. The molecule has 2 aromatic rings. The summed E-state index contributed by atoms with van der Waals surface area (Å²) in [6, 6.07) is 11.7. The zero-order valence-corrected chi connectivity index (χ0v) is 13.3. The van der Waals surface area contributed by atoms with Gasteiger partial charge < -0.3 is 15.2 Å². The molecule has 2 N–H and O–H groups in total. The third-order valence-electron chi connectivity index (χ3n) is 3.51. The van der Waals surface area contributed by atoms with E-state index in [1.807, 2.05) is 32.0 Å². The van der Waals surface area contributed by atoms with E-state index in [0.29, 0.717) is 5.69 Å². The van der Waals surface area contributed by atoms with E-state index in [1.165, 1.54) is 19.1 Å². The van der Waals surface area contributed by atoms with Crippen LogP contribution in [0.25, 0.3) is 0 Å². The highest BCUT2D eigenvalue weighted by Gasteiger charge is 2.21. The van der Waals surface area contributed by atoms with Crippen molar-refractivity contribution in [2.45, 2.75) is 26.9 Å². The zero-order chi connectivity index (χ0) is 17.0. The average molecular weight is 313 g/mol. The van der Waals surface area contributed by atoms with Gasteiger partial charge in [-0.1, -0.05) is 30.3 Å². The molecule has 0 unspecified atom stereocenters. The second-order valence-corrected chi connectivity index (χ2v) is 5.32. The number of carbonyl (C=O) groups excluding carboxylic acids is 2. The number of para-hydroxylation sites is 2. The number of anilines is 1. The Bertz CT molecular complexity index is 719. The van der Waals surface area contributed by atoms with Crippen LogP contribution in [0, 0.1) is 13.8 Å². The number of benzene rings is 2. The summed E-state index contributed by atoms with van der Waals surface area (Å²) in [4.78, 5) is 24.2. The highest BCUT2D eigenvalue weighted by Crippen LogP contribution is 2.21. The minimum absolute atomic E-state index is 0.0271. The molecule has 0 spiro atoms. The lowest BCUT2D eigenvalue weighted by Gasteiger charge is -2.16. The summed E-state index contributed by atoms with van der Waals surface area (Å²) in [5.74, 6) is -1.35. The van der Waals surface area contributed by atoms with Crippen LogP contribution in [0.2, 0.25) is 0 Å². The molecule has 5 heteroatoms. The number of carbonyl (C=O) groups is 2. The van der Waals surface area contributed by atoms with Crippen LogP contribution in [-0.4, -0.2) is 23.1 Å². The van der Waals surface area contributed by atoms with Gasteiger partial charge in [0.15, 0.2) is 6.10 Å². The van der Waals surface area contributed by atoms with Crippen LogP contribution >= 0.6 is 0 Å². The number of rotatable bonds is 4. The van der Waals surface area contributed by atoms with Gasteiger partial charge in [0.1, 0.15) is 11.3 Å². The molecule has 23 heavy (non-hydrogen) atoms. The quantitative estimate of drug-likeness (QED) is 0.850. The number of phenolic OH excluding ortho intramolecular Hbond substituents is 1. The van der Waals surface area contributed by atoms with E-state index in [9.17, 15) is 14.7 Å². The monoisotopic (exact) mass is 313 g/mol. The van der Waals surface area contributed by atoms with Crippen LogP contribution in [0.15, 0.2) is 42.5 Å². The molecule has 0 saturated carbocycles. The van der Waals surface area contributed by atoms with Crippen LogP contribution in [0.5, 0.6) is 5.75 Å². The van der Waals surface area contributed by atoms with Gasteiger partial charge in [-0.3, -0.25) is 4.79 Å². The first-order valence-electron chi connectivity index (χ1n) is 7.26. The van der Waals surface area contributed by atoms with Crippen molar-refractivity contribution < 1.29 is 19.4 Å². The summed E-state index contributed by atoms with van der Waals surface area (Å²) in [5, 5.41) is 12.4. The van der Waals surface area contributed by atoms with Crippen molar-refractivity contribution in [1.29, 1.82) is 0 Å². The Labute approximate surface area is 134 Å². The molecule has 0 radical (unpaired) electrons. The average Bonchev–Trinajstić information content (AvgIpc) is 2.51. The number of esters is 1. The Hall–Kier alpha value is -2.82. The normalized spacial score (nSPS) is 11.6. The molecule has 1 atom stereocenters. The molecule has 0 saturated heterocycles. The number of ether oxygens (including phenoxy) is 1. The number of amides is 1. The smallest absolute Gasteiger partial charge is 0.342 e. The fourth-order valence-corrected chi connectivity index (χ4v) is 2.16. The van der Waals surface area contributed by atoms with Crippen LogP contribution in [0.1, 0.15) is 28.4 Å². The van der Waals surface area contributed by atoms with E-state index in [0.717, 1.165) is 11.1 Å². The molecule has 2 rings (SSSR count). The maximum absolute atomic E-state index is 12.2. The maximum Gasteiger partial charge on any atom is 0.342 e. The molecular formula is C18H19NO4. The lowest BCUT2D eigenvalue weighted by molar-refractivity contribution is -0.123. The highest BCUT2D eigenvalue weighted by molar-refractivity contribution is 5.99. The van der Waals surface area contributed by atoms with Crippen molar-refractivity contribution in [2.24, 2.45) is 0 Å². The van der Waals surface area contributed by atoms with Gasteiger partial charge in [0, 0.05) is 5.69 Å². The molecule has 0 fully saturated rings. The van der Waals surface area contributed by atoms with Gasteiger partial charge in [0.05, 0.1) is 0 Å². The van der Waals surface area contributed by atoms with Crippen molar-refractivity contribution >= 4 is 17.6 Å². The second-order valence-electron chi connectivity index (χ2n) is 5.32. The number of hydrogen-bond donors (Lipinski definition) is 2. The Morgan fingerprint density at radius 1 is 1.04 bits per heavy atom. The first-order valence-corrected chi connectivity index (χ1v) is 7.26. The van der Waals surface area contributed by atoms with Gasteiger partial charge >= 0.3 is 5.97 Å². The predicted molar refractivity (Wildman–Crippen MR) is 87.5 cm³/mol. The van der Waals surface area contributed by atoms with Crippen LogP contribution in [-0.2, 0) is 9.53 Å². The summed E-state index contributed by atoms with van der Waals surface area (Å²) < 4.78 is 5.12. The first-order chi connectivity index (χ1) is 10.9. The summed E-state index contributed by atoms with van der Waals surface area (Å²) in [6.45, 7) is 5.27. The van der Waals surface area contributed by atoms with Gasteiger partial charge in [-0.25, -0.2) is 4.79 Å². The predicted octanol–water partition coefficient (Wildman–Crippen LogP) is 3.19. The van der Waals surface area contributed by atoms with E-state index in [1.54, 1.807) is 12.1 Å². The standard InChI is InChI=1S/C18H19NO4/c1-11-7-6-8-12(2)16(11)19-17(21)13(3)23-18(22)14-9-4-5-10-15(14)20/h4-10,13,20H,1-3H3,(H,19,21)/t13-/m1/s1. The molecule has 0 bridgehead atoms. The second kappa shape index (κ2) is 6.96. The van der Waals surface area contributed by atoms with Gasteiger partial charge in [-0.05, 0) is 44.0 Å². The van der Waals surface area contributed by atoms with Crippen LogP contribution < -0.4 is 5.32 Å². The molecule has 0 aliphatic carbocycles. The largest absolute Gasteiger partial charge is 0.507 e. The lowest BCUT2D eigenvalue weighted by atomic mass is 10.1. The number of nitrogens with one attached hydrogen (secondary N) is 1. The molecular weight excluding hydrogens is 294 g/mol. The van der Waals surface area contributed by atoms with E-state index >= 15 is 0 Å². The fourth-order valence-electron chi connectivity index (χ4n) is 2.16. The molecule has 120 valence electrons. The van der Waals surface area contributed by atoms with Crippen molar-refractivity contribution in [1.82, 2.24) is 0 Å². The van der Waals surface area contributed by atoms with E-state index in [4.69, 9.17) is 4.74 Å². The molecule has 2 aromatic carbocycles. The minimum atomic E-state index is -0.985. The third kappa shape index (κ3) is 3.88. The summed E-state index contributed by atoms with van der Waals surface area (Å²) >= 11 is 0. The zero-order valence-electron chi connectivity index (χ0n) is 13.3. The van der Waals surface area contributed by atoms with Crippen molar-refractivity contribution in [2.75, 3.05) is 5.32 Å². The summed E-state index contributed by atoms with van der Waals surface area (Å²) in [7, 11) is 0. The summed E-state index contributed by atoms with van der Waals surface area (Å²) in [5.41, 5.74) is 2.59. The van der Waals surface area contributed by atoms with Crippen molar-refractivity contribution in [3.05, 3.63) is 59.2 Å². The number of phenols is 1. The molecule has 0 aliphatic rings. The Kier molecular flexibility index (Phi) is 5.01. The lowest BCUT2D eigenvalue weighted by Crippen LogP contribution is -2.30. The number of aryl methyl sites for hydroxylation is 2. The van der Waals surface area contributed by atoms with Crippen molar-refractivity contribution in [3.63, 3.8) is 0 Å². The van der Waals surface area contributed by atoms with Gasteiger partial charge in [-0.15, -0.1) is 0 Å². The maximum atomic E-state index is 12.2. The van der Waals surface area contributed by atoms with Gasteiger partial charge in [0.2, 0.25) is 0 Å². The fraction of sp³-hybridized carbons (Fsp3) is 0.222. The summed E-state index contributed by atoms with van der Waals surface area (Å²) in [6.07, 6.45) is -0.985. The highest BCUT2D eigenvalue weighted by atomic mass is 16.5. The molecule has 0 heterocycles. The molecule has 0 aromatic heterocycles. The van der Waals surface area contributed by atoms with Crippen LogP contribution in [0.4, 0.5) is 5.69 Å². The number of hydrogen-bond acceptors (Lipinski definition) is 4. The van der Waals surface area contributed by atoms with Gasteiger partial charge in [0.25, 0.3) is 5.91 Å². The van der Waals surface area contributed by atoms with Gasteiger partial charge in [-0.2, -0.15) is 0 Å². The Balaban J connectivity index is 2.06. The minimum Gasteiger partial charge on any atom is -0.507 e. The molecule has 1 amide bonds. The van der Waals surface area contributed by atoms with Crippen LogP contribution in [0.3, 0.4) is 0 Å². The van der Waals surface area contributed by atoms with E-state index in [-0.39, 0.29) is 11.3 Å². The van der Waals surface area contributed by atoms with Crippen molar-refractivity contribution in [3.8, 4) is 5.75 Å². The topological polar surface area (TPSA) is 75.6 Å². The van der Waals surface area contributed by atoms with E-state index < -0.39 is 18.0 Å². The molecule has 5 nitrogen and oxygen atoms in total. The SMILES string of the molecule is Cc1cccc(C)c1NC(=O)[C@@H](C)OC(=O)c1ccccc1O. The Morgan fingerprint density at radius 3 is 2.26 bits per heavy atom. The Morgan fingerprint density at radius 2 is 1.65 bits per heavy atom. The third-order valence-corrected chi connectivity index (χ3v) is 3.51. The molecule has 0 aliphatic heterocycles. The van der Waals surface area contributed by atoms with E-state index in [2.05, 4.69) is 5.32 Å². The number of aromatic hydroxyl groups is 1.